The minimum absolute atomic E-state index is 0.126. The van der Waals surface area contributed by atoms with Crippen LogP contribution < -0.4 is 9.47 Å². The van der Waals surface area contributed by atoms with Crippen LogP contribution in [0.5, 0.6) is 11.5 Å². The number of carbonyl (C=O) groups is 1. The van der Waals surface area contributed by atoms with Crippen molar-refractivity contribution in [1.82, 2.24) is 0 Å². The minimum atomic E-state index is -0.126. The fraction of sp³-hybridized carbons (Fsp3) is 0.562. The van der Waals surface area contributed by atoms with E-state index in [2.05, 4.69) is 6.92 Å². The SMILES string of the molecule is CCCCCCCC(=O)OCc1ccc2c(c1)OCO2. The summed E-state index contributed by atoms with van der Waals surface area (Å²) in [5, 5.41) is 0. The second kappa shape index (κ2) is 7.78. The number of esters is 1. The molecule has 1 heterocycles. The third-order valence-electron chi connectivity index (χ3n) is 3.32. The number of ether oxygens (including phenoxy) is 3. The summed E-state index contributed by atoms with van der Waals surface area (Å²) >= 11 is 0. The Labute approximate surface area is 120 Å². The molecule has 0 saturated carbocycles. The van der Waals surface area contributed by atoms with Crippen molar-refractivity contribution in [2.75, 3.05) is 6.79 Å². The molecule has 1 aliphatic rings. The van der Waals surface area contributed by atoms with Crippen LogP contribution in [0, 0.1) is 0 Å². The summed E-state index contributed by atoms with van der Waals surface area (Å²) in [6.07, 6.45) is 6.19. The Bertz CT molecular complexity index is 442. The summed E-state index contributed by atoms with van der Waals surface area (Å²) in [6.45, 7) is 2.74. The Hall–Kier alpha value is -1.71. The van der Waals surface area contributed by atoms with E-state index in [1.807, 2.05) is 18.2 Å². The van der Waals surface area contributed by atoms with Crippen molar-refractivity contribution in [1.29, 1.82) is 0 Å². The number of hydrogen-bond acceptors (Lipinski definition) is 4. The molecule has 0 unspecified atom stereocenters. The Balaban J connectivity index is 1.66. The van der Waals surface area contributed by atoms with E-state index in [4.69, 9.17) is 14.2 Å². The Morgan fingerprint density at radius 3 is 2.80 bits per heavy atom. The molecule has 0 atom stereocenters. The van der Waals surface area contributed by atoms with Crippen molar-refractivity contribution in [3.8, 4) is 11.5 Å². The largest absolute Gasteiger partial charge is 0.461 e. The van der Waals surface area contributed by atoms with E-state index in [0.717, 1.165) is 29.9 Å². The Morgan fingerprint density at radius 2 is 1.95 bits per heavy atom. The monoisotopic (exact) mass is 278 g/mol. The normalized spacial score (nSPS) is 12.4. The molecule has 20 heavy (non-hydrogen) atoms. The van der Waals surface area contributed by atoms with Crippen LogP contribution >= 0.6 is 0 Å². The Morgan fingerprint density at radius 1 is 1.15 bits per heavy atom. The molecule has 4 nitrogen and oxygen atoms in total. The number of unbranched alkanes of at least 4 members (excludes halogenated alkanes) is 4. The first kappa shape index (κ1) is 14.7. The minimum Gasteiger partial charge on any atom is -0.461 e. The molecule has 0 amide bonds. The fourth-order valence-electron chi connectivity index (χ4n) is 2.14. The zero-order chi connectivity index (χ0) is 14.2. The molecule has 2 rings (SSSR count). The fourth-order valence-corrected chi connectivity index (χ4v) is 2.14. The maximum Gasteiger partial charge on any atom is 0.306 e. The molecular weight excluding hydrogens is 256 g/mol. The third kappa shape index (κ3) is 4.44. The number of hydrogen-bond donors (Lipinski definition) is 0. The molecule has 1 aromatic rings. The van der Waals surface area contributed by atoms with Crippen LogP contribution in [0.15, 0.2) is 18.2 Å². The van der Waals surface area contributed by atoms with Crippen LogP contribution in [0.25, 0.3) is 0 Å². The highest BCUT2D eigenvalue weighted by molar-refractivity contribution is 5.69. The predicted molar refractivity (Wildman–Crippen MR) is 75.7 cm³/mol. The van der Waals surface area contributed by atoms with E-state index < -0.39 is 0 Å². The van der Waals surface area contributed by atoms with Gasteiger partial charge in [-0.05, 0) is 24.1 Å². The van der Waals surface area contributed by atoms with Gasteiger partial charge in [0.15, 0.2) is 11.5 Å². The van der Waals surface area contributed by atoms with Gasteiger partial charge >= 0.3 is 5.97 Å². The second-order valence-corrected chi connectivity index (χ2v) is 5.01. The lowest BCUT2D eigenvalue weighted by Crippen LogP contribution is -2.04. The molecule has 0 N–H and O–H groups in total. The number of carbonyl (C=O) groups excluding carboxylic acids is 1. The highest BCUT2D eigenvalue weighted by atomic mass is 16.7. The zero-order valence-corrected chi connectivity index (χ0v) is 12.0. The predicted octanol–water partition coefficient (Wildman–Crippen LogP) is 3.82. The summed E-state index contributed by atoms with van der Waals surface area (Å²) in [6, 6.07) is 5.59. The van der Waals surface area contributed by atoms with Gasteiger partial charge in [-0.2, -0.15) is 0 Å². The first-order valence-electron chi connectivity index (χ1n) is 7.33. The lowest BCUT2D eigenvalue weighted by Gasteiger charge is -2.06. The van der Waals surface area contributed by atoms with Gasteiger partial charge in [-0.1, -0.05) is 38.7 Å². The van der Waals surface area contributed by atoms with Crippen molar-refractivity contribution >= 4 is 5.97 Å². The van der Waals surface area contributed by atoms with Gasteiger partial charge in [-0.25, -0.2) is 0 Å². The number of fused-ring (bicyclic) bond motifs is 1. The van der Waals surface area contributed by atoms with Crippen molar-refractivity contribution in [3.05, 3.63) is 23.8 Å². The Kier molecular flexibility index (Phi) is 5.71. The van der Waals surface area contributed by atoms with Gasteiger partial charge in [-0.3, -0.25) is 4.79 Å². The molecule has 0 saturated heterocycles. The van der Waals surface area contributed by atoms with Gasteiger partial charge in [0.05, 0.1) is 0 Å². The van der Waals surface area contributed by atoms with E-state index in [0.29, 0.717) is 13.0 Å². The topological polar surface area (TPSA) is 44.8 Å². The maximum absolute atomic E-state index is 11.6. The first-order chi connectivity index (χ1) is 9.79. The van der Waals surface area contributed by atoms with Gasteiger partial charge in [0, 0.05) is 6.42 Å². The molecule has 0 spiro atoms. The van der Waals surface area contributed by atoms with E-state index >= 15 is 0 Å². The van der Waals surface area contributed by atoms with Gasteiger partial charge < -0.3 is 14.2 Å². The molecule has 1 aromatic carbocycles. The lowest BCUT2D eigenvalue weighted by molar-refractivity contribution is -0.145. The molecule has 4 heteroatoms. The van der Waals surface area contributed by atoms with E-state index in [-0.39, 0.29) is 12.8 Å². The summed E-state index contributed by atoms with van der Waals surface area (Å²) in [5.74, 6) is 1.34. The van der Waals surface area contributed by atoms with Gasteiger partial charge in [0.1, 0.15) is 6.61 Å². The summed E-state index contributed by atoms with van der Waals surface area (Å²) < 4.78 is 15.8. The highest BCUT2D eigenvalue weighted by Gasteiger charge is 2.13. The molecule has 0 bridgehead atoms. The van der Waals surface area contributed by atoms with Crippen molar-refractivity contribution < 1.29 is 19.0 Å². The van der Waals surface area contributed by atoms with E-state index in [1.54, 1.807) is 0 Å². The number of rotatable bonds is 8. The highest BCUT2D eigenvalue weighted by Crippen LogP contribution is 2.32. The molecule has 0 radical (unpaired) electrons. The molecule has 0 aliphatic carbocycles. The van der Waals surface area contributed by atoms with Gasteiger partial charge in [0.2, 0.25) is 6.79 Å². The summed E-state index contributed by atoms with van der Waals surface area (Å²) in [4.78, 5) is 11.6. The van der Waals surface area contributed by atoms with Crippen LogP contribution in [0.3, 0.4) is 0 Å². The van der Waals surface area contributed by atoms with Crippen molar-refractivity contribution in [3.63, 3.8) is 0 Å². The molecular formula is C16H22O4. The average Bonchev–Trinajstić information content (AvgIpc) is 2.92. The number of benzene rings is 1. The summed E-state index contributed by atoms with van der Waals surface area (Å²) in [7, 11) is 0. The molecule has 110 valence electrons. The smallest absolute Gasteiger partial charge is 0.306 e. The molecule has 0 aromatic heterocycles. The average molecular weight is 278 g/mol. The van der Waals surface area contributed by atoms with Crippen LogP contribution in [0.4, 0.5) is 0 Å². The second-order valence-electron chi connectivity index (χ2n) is 5.01. The summed E-state index contributed by atoms with van der Waals surface area (Å²) in [5.41, 5.74) is 0.925. The third-order valence-corrected chi connectivity index (χ3v) is 3.32. The maximum atomic E-state index is 11.6. The van der Waals surface area contributed by atoms with Crippen LogP contribution in [-0.2, 0) is 16.1 Å². The van der Waals surface area contributed by atoms with E-state index in [9.17, 15) is 4.79 Å². The molecule has 1 aliphatic heterocycles. The van der Waals surface area contributed by atoms with Crippen LogP contribution in [0.2, 0.25) is 0 Å². The van der Waals surface area contributed by atoms with Gasteiger partial charge in [0.25, 0.3) is 0 Å². The van der Waals surface area contributed by atoms with E-state index in [1.165, 1.54) is 19.3 Å². The van der Waals surface area contributed by atoms with Crippen LogP contribution in [-0.4, -0.2) is 12.8 Å². The molecule has 0 fully saturated rings. The van der Waals surface area contributed by atoms with Gasteiger partial charge in [-0.15, -0.1) is 0 Å². The quantitative estimate of drug-likeness (QED) is 0.535. The standard InChI is InChI=1S/C16H22O4/c1-2-3-4-5-6-7-16(17)18-11-13-8-9-14-15(10-13)20-12-19-14/h8-10H,2-7,11-12H2,1H3. The lowest BCUT2D eigenvalue weighted by atomic mass is 10.1. The zero-order valence-electron chi connectivity index (χ0n) is 12.0. The van der Waals surface area contributed by atoms with Crippen LogP contribution in [0.1, 0.15) is 51.0 Å². The van der Waals surface area contributed by atoms with Crippen molar-refractivity contribution in [2.45, 2.75) is 52.1 Å². The first-order valence-corrected chi connectivity index (χ1v) is 7.33. The van der Waals surface area contributed by atoms with Crippen molar-refractivity contribution in [2.24, 2.45) is 0 Å².